The lowest BCUT2D eigenvalue weighted by molar-refractivity contribution is -0.117. The van der Waals surface area contributed by atoms with Crippen molar-refractivity contribution >= 4 is 27.3 Å². The summed E-state index contributed by atoms with van der Waals surface area (Å²) in [5.74, 6) is -0.375. The van der Waals surface area contributed by atoms with Crippen molar-refractivity contribution in [3.63, 3.8) is 0 Å². The molecule has 118 valence electrons. The van der Waals surface area contributed by atoms with Crippen LogP contribution >= 0.6 is 11.3 Å². The number of amides is 1. The van der Waals surface area contributed by atoms with E-state index in [0.717, 1.165) is 5.56 Å². The number of aromatic nitrogens is 3. The van der Waals surface area contributed by atoms with Gasteiger partial charge in [0, 0.05) is 31.8 Å². The number of hydrogen-bond donors (Lipinski definition) is 1. The van der Waals surface area contributed by atoms with Gasteiger partial charge in [-0.2, -0.15) is 4.52 Å². The van der Waals surface area contributed by atoms with Crippen LogP contribution in [0.4, 0.5) is 5.13 Å². The lowest BCUT2D eigenvalue weighted by Crippen LogP contribution is -2.28. The molecule has 3 aromatic rings. The molecular weight excluding hydrogens is 314 g/mol. The number of nitrogens with zero attached hydrogens (tertiary/aromatic N) is 4. The highest BCUT2D eigenvalue weighted by molar-refractivity contribution is 7.20. The average molecular weight is 329 g/mol. The minimum absolute atomic E-state index is 0.213. The first kappa shape index (κ1) is 15.2. The van der Waals surface area contributed by atoms with E-state index in [-0.39, 0.29) is 17.9 Å². The molecule has 8 heteroatoms. The molecule has 23 heavy (non-hydrogen) atoms. The van der Waals surface area contributed by atoms with E-state index in [1.165, 1.54) is 28.1 Å². The van der Waals surface area contributed by atoms with Crippen LogP contribution in [0.3, 0.4) is 0 Å². The third kappa shape index (κ3) is 3.54. The molecule has 0 fully saturated rings. The van der Waals surface area contributed by atoms with E-state index in [1.807, 2.05) is 35.2 Å². The van der Waals surface area contributed by atoms with Gasteiger partial charge in [0.15, 0.2) is 0 Å². The van der Waals surface area contributed by atoms with Crippen LogP contribution in [0.25, 0.3) is 4.96 Å². The summed E-state index contributed by atoms with van der Waals surface area (Å²) in [6, 6.07) is 11.2. The van der Waals surface area contributed by atoms with E-state index in [2.05, 4.69) is 10.1 Å². The van der Waals surface area contributed by atoms with Gasteiger partial charge in [-0.25, -0.2) is 4.98 Å². The van der Waals surface area contributed by atoms with Crippen molar-refractivity contribution in [3.05, 3.63) is 58.5 Å². The molecule has 1 amide bonds. The Balaban J connectivity index is 1.93. The predicted molar refractivity (Wildman–Crippen MR) is 88.4 cm³/mol. The normalized spacial score (nSPS) is 10.8. The van der Waals surface area contributed by atoms with E-state index in [9.17, 15) is 9.59 Å². The van der Waals surface area contributed by atoms with Gasteiger partial charge < -0.3 is 10.6 Å². The molecule has 0 unspecified atom stereocenters. The maximum absolute atomic E-state index is 11.8. The number of fused-ring (bicyclic) bond motifs is 1. The second-order valence-corrected chi connectivity index (χ2v) is 5.92. The minimum atomic E-state index is -0.375. The zero-order chi connectivity index (χ0) is 16.2. The first-order valence-electron chi connectivity index (χ1n) is 7.05. The van der Waals surface area contributed by atoms with Crippen LogP contribution in [0, 0.1) is 0 Å². The largest absolute Gasteiger partial charge is 0.370 e. The van der Waals surface area contributed by atoms with Crippen LogP contribution < -0.4 is 16.2 Å². The number of benzene rings is 1. The van der Waals surface area contributed by atoms with E-state index in [4.69, 9.17) is 5.73 Å². The van der Waals surface area contributed by atoms with Crippen molar-refractivity contribution in [1.29, 1.82) is 0 Å². The lowest BCUT2D eigenvalue weighted by Gasteiger charge is -2.20. The van der Waals surface area contributed by atoms with Gasteiger partial charge in [0.1, 0.15) is 0 Å². The molecule has 0 spiro atoms. The standard InChI is InChI=1S/C15H15N5O2S/c16-12(21)7-9-19(10-11-4-2-1-3-5-11)15-18-20-13(22)6-8-17-14(20)23-15/h1-6,8H,7,9-10H2,(H2,16,21). The lowest BCUT2D eigenvalue weighted by atomic mass is 10.2. The van der Waals surface area contributed by atoms with Gasteiger partial charge in [-0.15, -0.1) is 5.10 Å². The maximum atomic E-state index is 11.8. The fourth-order valence-electron chi connectivity index (χ4n) is 2.15. The van der Waals surface area contributed by atoms with Gasteiger partial charge in [-0.05, 0) is 5.56 Å². The maximum Gasteiger partial charge on any atom is 0.275 e. The summed E-state index contributed by atoms with van der Waals surface area (Å²) >= 11 is 1.31. The Kier molecular flexibility index (Phi) is 4.33. The molecule has 0 aliphatic carbocycles. The summed E-state index contributed by atoms with van der Waals surface area (Å²) in [5, 5.41) is 4.95. The molecular formula is C15H15N5O2S. The minimum Gasteiger partial charge on any atom is -0.370 e. The number of carbonyl (C=O) groups excluding carboxylic acids is 1. The summed E-state index contributed by atoms with van der Waals surface area (Å²) in [6.45, 7) is 1.00. The second kappa shape index (κ2) is 6.57. The topological polar surface area (TPSA) is 93.6 Å². The molecule has 0 bridgehead atoms. The quantitative estimate of drug-likeness (QED) is 0.729. The van der Waals surface area contributed by atoms with E-state index < -0.39 is 0 Å². The Bertz CT molecular complexity index is 874. The van der Waals surface area contributed by atoms with Gasteiger partial charge in [0.25, 0.3) is 5.56 Å². The Morgan fingerprint density at radius 1 is 1.26 bits per heavy atom. The molecule has 0 saturated carbocycles. The summed E-state index contributed by atoms with van der Waals surface area (Å²) in [6.07, 6.45) is 1.68. The number of primary amides is 1. The van der Waals surface area contributed by atoms with E-state index in [1.54, 1.807) is 0 Å². The molecule has 3 rings (SSSR count). The van der Waals surface area contributed by atoms with Gasteiger partial charge in [-0.3, -0.25) is 9.59 Å². The third-order valence-corrected chi connectivity index (χ3v) is 4.26. The summed E-state index contributed by atoms with van der Waals surface area (Å²) in [5.41, 5.74) is 6.11. The number of rotatable bonds is 6. The Hall–Kier alpha value is -2.74. The predicted octanol–water partition coefficient (Wildman–Crippen LogP) is 1.03. The number of nitrogens with two attached hydrogens (primary N) is 1. The molecule has 0 saturated heterocycles. The van der Waals surface area contributed by atoms with Gasteiger partial charge >= 0.3 is 0 Å². The zero-order valence-corrected chi connectivity index (χ0v) is 13.1. The molecule has 0 aliphatic rings. The monoisotopic (exact) mass is 329 g/mol. The molecule has 0 aliphatic heterocycles. The Labute approximate surface area is 136 Å². The molecule has 1 aromatic carbocycles. The molecule has 7 nitrogen and oxygen atoms in total. The third-order valence-electron chi connectivity index (χ3n) is 3.28. The number of anilines is 1. The van der Waals surface area contributed by atoms with Crippen LogP contribution in [0.2, 0.25) is 0 Å². The average Bonchev–Trinajstić information content (AvgIpc) is 2.98. The number of hydrogen-bond acceptors (Lipinski definition) is 6. The molecule has 0 atom stereocenters. The van der Waals surface area contributed by atoms with Crippen molar-refractivity contribution in [2.75, 3.05) is 11.4 Å². The summed E-state index contributed by atoms with van der Waals surface area (Å²) in [4.78, 5) is 29.5. The highest BCUT2D eigenvalue weighted by atomic mass is 32.1. The summed E-state index contributed by atoms with van der Waals surface area (Å²) < 4.78 is 1.27. The van der Waals surface area contributed by atoms with Gasteiger partial charge in [0.2, 0.25) is 16.0 Å². The van der Waals surface area contributed by atoms with Crippen LogP contribution in [0.5, 0.6) is 0 Å². The van der Waals surface area contributed by atoms with Crippen molar-refractivity contribution in [2.45, 2.75) is 13.0 Å². The first-order chi connectivity index (χ1) is 11.1. The zero-order valence-electron chi connectivity index (χ0n) is 12.3. The van der Waals surface area contributed by atoms with Crippen molar-refractivity contribution < 1.29 is 4.79 Å². The highest BCUT2D eigenvalue weighted by Crippen LogP contribution is 2.23. The first-order valence-corrected chi connectivity index (χ1v) is 7.87. The summed E-state index contributed by atoms with van der Waals surface area (Å²) in [7, 11) is 0. The smallest absolute Gasteiger partial charge is 0.275 e. The fourth-order valence-corrected chi connectivity index (χ4v) is 3.05. The molecule has 2 N–H and O–H groups in total. The number of carbonyl (C=O) groups is 1. The molecule has 2 heterocycles. The van der Waals surface area contributed by atoms with Crippen LogP contribution in [0.15, 0.2) is 47.4 Å². The SMILES string of the molecule is NC(=O)CCN(Cc1ccccc1)c1nn2c(=O)ccnc2s1. The van der Waals surface area contributed by atoms with Crippen LogP contribution in [-0.4, -0.2) is 27.0 Å². The second-order valence-electron chi connectivity index (χ2n) is 4.99. The Morgan fingerprint density at radius 3 is 2.74 bits per heavy atom. The molecule has 0 radical (unpaired) electrons. The van der Waals surface area contributed by atoms with Gasteiger partial charge in [-0.1, -0.05) is 41.7 Å². The van der Waals surface area contributed by atoms with Crippen molar-refractivity contribution in [1.82, 2.24) is 14.6 Å². The van der Waals surface area contributed by atoms with Gasteiger partial charge in [0.05, 0.1) is 0 Å². The van der Waals surface area contributed by atoms with Crippen molar-refractivity contribution in [3.8, 4) is 0 Å². The fraction of sp³-hybridized carbons (Fsp3) is 0.200. The van der Waals surface area contributed by atoms with Crippen LogP contribution in [-0.2, 0) is 11.3 Å². The van der Waals surface area contributed by atoms with Crippen molar-refractivity contribution in [2.24, 2.45) is 5.73 Å². The van der Waals surface area contributed by atoms with E-state index >= 15 is 0 Å². The van der Waals surface area contributed by atoms with Crippen LogP contribution in [0.1, 0.15) is 12.0 Å². The molecule has 2 aromatic heterocycles. The van der Waals surface area contributed by atoms with E-state index in [0.29, 0.717) is 23.2 Å². The Morgan fingerprint density at radius 2 is 2.04 bits per heavy atom. The highest BCUT2D eigenvalue weighted by Gasteiger charge is 2.15.